The molecule has 0 aromatic rings. The second-order valence-corrected chi connectivity index (χ2v) is 8.02. The molecule has 7 nitrogen and oxygen atoms in total. The SMILES string of the molecule is CS(=O)(=O)CCN1CCC(CC2(N)C=CNC(N)=N2)C1. The van der Waals surface area contributed by atoms with Crippen molar-refractivity contribution < 1.29 is 8.42 Å². The van der Waals surface area contributed by atoms with E-state index in [0.717, 1.165) is 25.9 Å². The Morgan fingerprint density at radius 2 is 2.35 bits per heavy atom. The summed E-state index contributed by atoms with van der Waals surface area (Å²) in [7, 11) is -2.90. The topological polar surface area (TPSA) is 114 Å². The molecule has 5 N–H and O–H groups in total. The number of hydrogen-bond acceptors (Lipinski definition) is 7. The fourth-order valence-corrected chi connectivity index (χ4v) is 3.31. The van der Waals surface area contributed by atoms with Crippen LogP contribution in [0.15, 0.2) is 17.3 Å². The van der Waals surface area contributed by atoms with Crippen molar-refractivity contribution >= 4 is 15.8 Å². The quantitative estimate of drug-likeness (QED) is 0.589. The first-order chi connectivity index (χ1) is 9.26. The van der Waals surface area contributed by atoms with E-state index < -0.39 is 15.5 Å². The molecule has 2 heterocycles. The Balaban J connectivity index is 1.84. The molecule has 2 aliphatic heterocycles. The zero-order chi connectivity index (χ0) is 14.8. The Bertz CT molecular complexity index is 516. The largest absolute Gasteiger partial charge is 0.370 e. The van der Waals surface area contributed by atoms with Crippen molar-refractivity contribution in [3.63, 3.8) is 0 Å². The average molecular weight is 301 g/mol. The Morgan fingerprint density at radius 3 is 3.00 bits per heavy atom. The molecule has 0 saturated carbocycles. The Morgan fingerprint density at radius 1 is 1.60 bits per heavy atom. The van der Waals surface area contributed by atoms with E-state index in [1.54, 1.807) is 6.20 Å². The number of guanidine groups is 1. The second-order valence-electron chi connectivity index (χ2n) is 5.76. The molecule has 0 aliphatic carbocycles. The summed E-state index contributed by atoms with van der Waals surface area (Å²) in [5.74, 6) is 0.961. The Kier molecular flexibility index (Phi) is 4.36. The summed E-state index contributed by atoms with van der Waals surface area (Å²) in [6.45, 7) is 2.37. The molecule has 2 aliphatic rings. The first-order valence-corrected chi connectivity index (χ1v) is 8.80. The minimum Gasteiger partial charge on any atom is -0.370 e. The zero-order valence-corrected chi connectivity index (χ0v) is 12.6. The van der Waals surface area contributed by atoms with Crippen LogP contribution >= 0.6 is 0 Å². The van der Waals surface area contributed by atoms with Gasteiger partial charge in [-0.1, -0.05) is 0 Å². The first-order valence-electron chi connectivity index (χ1n) is 6.74. The van der Waals surface area contributed by atoms with E-state index in [4.69, 9.17) is 11.5 Å². The molecule has 0 amide bonds. The van der Waals surface area contributed by atoms with Gasteiger partial charge in [0, 0.05) is 25.5 Å². The number of hydrogen-bond donors (Lipinski definition) is 3. The van der Waals surface area contributed by atoms with Crippen LogP contribution < -0.4 is 16.8 Å². The monoisotopic (exact) mass is 301 g/mol. The van der Waals surface area contributed by atoms with Gasteiger partial charge in [0.1, 0.15) is 15.5 Å². The summed E-state index contributed by atoms with van der Waals surface area (Å²) >= 11 is 0. The predicted molar refractivity (Wildman–Crippen MR) is 79.7 cm³/mol. The molecule has 2 rings (SSSR count). The molecule has 114 valence electrons. The summed E-state index contributed by atoms with van der Waals surface area (Å²) in [6, 6.07) is 0. The van der Waals surface area contributed by atoms with Crippen LogP contribution in [-0.4, -0.2) is 56.6 Å². The van der Waals surface area contributed by atoms with Gasteiger partial charge in [-0.25, -0.2) is 13.4 Å². The van der Waals surface area contributed by atoms with Gasteiger partial charge in [0.25, 0.3) is 0 Å². The molecule has 0 radical (unpaired) electrons. The van der Waals surface area contributed by atoms with E-state index in [9.17, 15) is 8.42 Å². The molecule has 1 fully saturated rings. The van der Waals surface area contributed by atoms with Crippen molar-refractivity contribution in [3.8, 4) is 0 Å². The van der Waals surface area contributed by atoms with Gasteiger partial charge >= 0.3 is 0 Å². The number of likely N-dealkylation sites (tertiary alicyclic amines) is 1. The van der Waals surface area contributed by atoms with Crippen LogP contribution in [0.1, 0.15) is 12.8 Å². The highest BCUT2D eigenvalue weighted by Gasteiger charge is 2.32. The van der Waals surface area contributed by atoms with E-state index >= 15 is 0 Å². The molecule has 8 heteroatoms. The molecule has 0 aromatic heterocycles. The second kappa shape index (κ2) is 5.71. The maximum absolute atomic E-state index is 11.2. The minimum absolute atomic E-state index is 0.211. The summed E-state index contributed by atoms with van der Waals surface area (Å²) < 4.78 is 22.4. The van der Waals surface area contributed by atoms with Crippen molar-refractivity contribution in [1.82, 2.24) is 10.2 Å². The standard InChI is InChI=1S/C12H23N5O2S/c1-20(18,19)7-6-17-5-2-10(9-17)8-12(14)3-4-15-11(13)16-12/h3-4,10H,2,5-9,14H2,1H3,(H3,13,15,16). The summed E-state index contributed by atoms with van der Waals surface area (Å²) in [5, 5.41) is 2.80. The fraction of sp³-hybridized carbons (Fsp3) is 0.750. The van der Waals surface area contributed by atoms with Crippen LogP contribution in [0.4, 0.5) is 0 Å². The molecular weight excluding hydrogens is 278 g/mol. The first kappa shape index (κ1) is 15.3. The van der Waals surface area contributed by atoms with Gasteiger partial charge in [-0.3, -0.25) is 0 Å². The smallest absolute Gasteiger partial charge is 0.194 e. The Hall–Kier alpha value is -1.12. The highest BCUT2D eigenvalue weighted by atomic mass is 32.2. The van der Waals surface area contributed by atoms with Crippen molar-refractivity contribution in [2.24, 2.45) is 22.4 Å². The maximum Gasteiger partial charge on any atom is 0.194 e. The van der Waals surface area contributed by atoms with Crippen molar-refractivity contribution in [1.29, 1.82) is 0 Å². The summed E-state index contributed by atoms with van der Waals surface area (Å²) in [5.41, 5.74) is 11.1. The number of nitrogens with two attached hydrogens (primary N) is 2. The zero-order valence-electron chi connectivity index (χ0n) is 11.7. The summed E-state index contributed by atoms with van der Waals surface area (Å²) in [4.78, 5) is 6.42. The van der Waals surface area contributed by atoms with Gasteiger partial charge in [-0.15, -0.1) is 0 Å². The highest BCUT2D eigenvalue weighted by molar-refractivity contribution is 7.90. The van der Waals surface area contributed by atoms with Crippen LogP contribution in [0.5, 0.6) is 0 Å². The van der Waals surface area contributed by atoms with E-state index in [0.29, 0.717) is 18.4 Å². The van der Waals surface area contributed by atoms with Crippen LogP contribution in [0, 0.1) is 5.92 Å². The third-order valence-electron chi connectivity index (χ3n) is 3.70. The van der Waals surface area contributed by atoms with Gasteiger partial charge < -0.3 is 21.7 Å². The van der Waals surface area contributed by atoms with Gasteiger partial charge in [0.15, 0.2) is 5.96 Å². The average Bonchev–Trinajstić information content (AvgIpc) is 2.72. The normalized spacial score (nSPS) is 31.1. The van der Waals surface area contributed by atoms with Crippen LogP contribution in [0.25, 0.3) is 0 Å². The molecule has 0 bridgehead atoms. The Labute approximate surface area is 120 Å². The summed E-state index contributed by atoms with van der Waals surface area (Å²) in [6.07, 6.45) is 6.55. The lowest BCUT2D eigenvalue weighted by molar-refractivity contribution is 0.320. The number of rotatable bonds is 5. The maximum atomic E-state index is 11.2. The number of aliphatic imine (C=N–C) groups is 1. The van der Waals surface area contributed by atoms with Gasteiger partial charge in [0.2, 0.25) is 0 Å². The lowest BCUT2D eigenvalue weighted by Crippen LogP contribution is -2.45. The van der Waals surface area contributed by atoms with Gasteiger partial charge in [-0.05, 0) is 31.4 Å². The highest BCUT2D eigenvalue weighted by Crippen LogP contribution is 2.26. The van der Waals surface area contributed by atoms with Crippen LogP contribution in [-0.2, 0) is 9.84 Å². The lowest BCUT2D eigenvalue weighted by Gasteiger charge is -2.28. The van der Waals surface area contributed by atoms with Crippen molar-refractivity contribution in [2.45, 2.75) is 18.5 Å². The third-order valence-corrected chi connectivity index (χ3v) is 4.62. The van der Waals surface area contributed by atoms with E-state index in [1.165, 1.54) is 6.26 Å². The van der Waals surface area contributed by atoms with Crippen LogP contribution in [0.2, 0.25) is 0 Å². The van der Waals surface area contributed by atoms with Crippen molar-refractivity contribution in [3.05, 3.63) is 12.3 Å². The van der Waals surface area contributed by atoms with E-state index in [2.05, 4.69) is 15.2 Å². The molecule has 2 atom stereocenters. The molecular formula is C12H23N5O2S. The minimum atomic E-state index is -2.90. The number of sulfone groups is 1. The molecule has 2 unspecified atom stereocenters. The van der Waals surface area contributed by atoms with E-state index in [-0.39, 0.29) is 5.75 Å². The number of nitrogens with zero attached hydrogens (tertiary/aromatic N) is 2. The van der Waals surface area contributed by atoms with E-state index in [1.807, 2.05) is 6.08 Å². The molecule has 0 aromatic carbocycles. The molecule has 0 spiro atoms. The molecule has 1 saturated heterocycles. The van der Waals surface area contributed by atoms with Gasteiger partial charge in [0.05, 0.1) is 5.75 Å². The number of nitrogens with one attached hydrogen (secondary N) is 1. The fourth-order valence-electron chi connectivity index (χ4n) is 2.72. The molecule has 20 heavy (non-hydrogen) atoms. The lowest BCUT2D eigenvalue weighted by atomic mass is 9.94. The van der Waals surface area contributed by atoms with Crippen molar-refractivity contribution in [2.75, 3.05) is 31.6 Å². The predicted octanol–water partition coefficient (Wildman–Crippen LogP) is -1.17. The van der Waals surface area contributed by atoms with Gasteiger partial charge in [-0.2, -0.15) is 0 Å². The third kappa shape index (κ3) is 4.46. The van der Waals surface area contributed by atoms with Crippen LogP contribution in [0.3, 0.4) is 0 Å².